The van der Waals surface area contributed by atoms with E-state index in [4.69, 9.17) is 17.3 Å². The van der Waals surface area contributed by atoms with E-state index in [0.29, 0.717) is 5.92 Å². The van der Waals surface area contributed by atoms with Crippen LogP contribution in [0.2, 0.25) is 5.02 Å². The summed E-state index contributed by atoms with van der Waals surface area (Å²) in [5.41, 5.74) is 6.68. The van der Waals surface area contributed by atoms with Gasteiger partial charge in [0.25, 0.3) is 0 Å². The highest BCUT2D eigenvalue weighted by Crippen LogP contribution is 2.20. The molecular formula is C13H19Cl2FN2. The molecule has 1 heterocycles. The van der Waals surface area contributed by atoms with E-state index in [2.05, 4.69) is 4.90 Å². The maximum atomic E-state index is 13.3. The summed E-state index contributed by atoms with van der Waals surface area (Å²) in [6, 6.07) is 5.03. The van der Waals surface area contributed by atoms with Gasteiger partial charge >= 0.3 is 0 Å². The van der Waals surface area contributed by atoms with Crippen LogP contribution in [-0.2, 0) is 6.54 Å². The van der Waals surface area contributed by atoms with Gasteiger partial charge in [0.15, 0.2) is 0 Å². The molecule has 0 bridgehead atoms. The van der Waals surface area contributed by atoms with Crippen LogP contribution in [0, 0.1) is 11.7 Å². The Balaban J connectivity index is 0.00000162. The first-order valence-electron chi connectivity index (χ1n) is 6.05. The fourth-order valence-electron chi connectivity index (χ4n) is 2.38. The van der Waals surface area contributed by atoms with Gasteiger partial charge in [-0.05, 0) is 49.5 Å². The molecule has 0 radical (unpaired) electrons. The van der Waals surface area contributed by atoms with E-state index in [1.807, 2.05) is 6.07 Å². The lowest BCUT2D eigenvalue weighted by atomic mass is 9.98. The third-order valence-electron chi connectivity index (χ3n) is 3.33. The van der Waals surface area contributed by atoms with Gasteiger partial charge in [0.05, 0.1) is 5.02 Å². The normalized spacial score (nSPS) is 20.5. The van der Waals surface area contributed by atoms with Crippen LogP contribution in [0.1, 0.15) is 18.4 Å². The minimum atomic E-state index is -0.337. The zero-order chi connectivity index (χ0) is 12.3. The summed E-state index contributed by atoms with van der Waals surface area (Å²) in [6.45, 7) is 3.61. The molecule has 102 valence electrons. The second-order valence-corrected chi connectivity index (χ2v) is 5.13. The highest BCUT2D eigenvalue weighted by Gasteiger charge is 2.18. The van der Waals surface area contributed by atoms with Crippen molar-refractivity contribution < 1.29 is 4.39 Å². The van der Waals surface area contributed by atoms with Gasteiger partial charge in [-0.25, -0.2) is 4.39 Å². The standard InChI is InChI=1S/C13H18ClFN2.ClH/c14-12-4-3-10(6-13(12)15)8-17-5-1-2-11(7-16)9-17;/h3-4,6,11H,1-2,5,7-9,16H2;1H. The lowest BCUT2D eigenvalue weighted by Crippen LogP contribution is -2.37. The van der Waals surface area contributed by atoms with Crippen LogP contribution in [0.3, 0.4) is 0 Å². The van der Waals surface area contributed by atoms with Crippen LogP contribution in [0.5, 0.6) is 0 Å². The Hall–Kier alpha value is -0.350. The van der Waals surface area contributed by atoms with E-state index in [1.165, 1.54) is 18.9 Å². The quantitative estimate of drug-likeness (QED) is 0.928. The molecule has 2 rings (SSSR count). The van der Waals surface area contributed by atoms with Crippen molar-refractivity contribution in [2.24, 2.45) is 11.7 Å². The van der Waals surface area contributed by atoms with Crippen LogP contribution in [0.25, 0.3) is 0 Å². The van der Waals surface area contributed by atoms with E-state index >= 15 is 0 Å². The minimum Gasteiger partial charge on any atom is -0.330 e. The smallest absolute Gasteiger partial charge is 0.142 e. The number of hydrogen-bond acceptors (Lipinski definition) is 2. The van der Waals surface area contributed by atoms with Crippen molar-refractivity contribution in [1.29, 1.82) is 0 Å². The summed E-state index contributed by atoms with van der Waals surface area (Å²) in [7, 11) is 0. The summed E-state index contributed by atoms with van der Waals surface area (Å²) < 4.78 is 13.3. The number of nitrogens with zero attached hydrogens (tertiary/aromatic N) is 1. The molecule has 5 heteroatoms. The zero-order valence-corrected chi connectivity index (χ0v) is 11.8. The van der Waals surface area contributed by atoms with E-state index < -0.39 is 0 Å². The van der Waals surface area contributed by atoms with Gasteiger partial charge < -0.3 is 5.73 Å². The number of rotatable bonds is 3. The fourth-order valence-corrected chi connectivity index (χ4v) is 2.50. The average molecular weight is 293 g/mol. The number of benzene rings is 1. The first kappa shape index (κ1) is 15.7. The molecule has 1 aliphatic heterocycles. The number of halogens is 3. The molecule has 1 aromatic carbocycles. The van der Waals surface area contributed by atoms with Gasteiger partial charge in [-0.3, -0.25) is 4.90 Å². The Bertz CT molecular complexity index is 387. The first-order valence-corrected chi connectivity index (χ1v) is 6.43. The highest BCUT2D eigenvalue weighted by atomic mass is 35.5. The summed E-state index contributed by atoms with van der Waals surface area (Å²) in [4.78, 5) is 2.34. The van der Waals surface area contributed by atoms with Crippen molar-refractivity contribution >= 4 is 24.0 Å². The molecule has 1 aromatic rings. The van der Waals surface area contributed by atoms with Crippen LogP contribution in [0.4, 0.5) is 4.39 Å². The first-order chi connectivity index (χ1) is 8.19. The van der Waals surface area contributed by atoms with Gasteiger partial charge in [-0.2, -0.15) is 0 Å². The minimum absolute atomic E-state index is 0. The molecule has 1 atom stereocenters. The van der Waals surface area contributed by atoms with Crippen molar-refractivity contribution in [3.63, 3.8) is 0 Å². The summed E-state index contributed by atoms with van der Waals surface area (Å²) in [5.74, 6) is 0.248. The maximum absolute atomic E-state index is 13.3. The van der Waals surface area contributed by atoms with Gasteiger partial charge in [-0.15, -0.1) is 12.4 Å². The second kappa shape index (κ2) is 7.29. The van der Waals surface area contributed by atoms with Crippen molar-refractivity contribution in [2.45, 2.75) is 19.4 Å². The Morgan fingerprint density at radius 1 is 1.44 bits per heavy atom. The van der Waals surface area contributed by atoms with E-state index in [1.54, 1.807) is 6.07 Å². The molecule has 1 fully saturated rings. The van der Waals surface area contributed by atoms with Crippen LogP contribution >= 0.6 is 24.0 Å². The van der Waals surface area contributed by atoms with Crippen molar-refractivity contribution in [2.75, 3.05) is 19.6 Å². The van der Waals surface area contributed by atoms with Gasteiger partial charge in [-0.1, -0.05) is 17.7 Å². The molecule has 0 spiro atoms. The lowest BCUT2D eigenvalue weighted by Gasteiger charge is -2.32. The Kier molecular flexibility index (Phi) is 6.36. The Labute approximate surface area is 119 Å². The van der Waals surface area contributed by atoms with Crippen LogP contribution < -0.4 is 5.73 Å². The number of piperidine rings is 1. The van der Waals surface area contributed by atoms with Crippen molar-refractivity contribution in [3.05, 3.63) is 34.6 Å². The maximum Gasteiger partial charge on any atom is 0.142 e. The molecule has 18 heavy (non-hydrogen) atoms. The fraction of sp³-hybridized carbons (Fsp3) is 0.538. The molecule has 0 saturated carbocycles. The second-order valence-electron chi connectivity index (χ2n) is 4.73. The van der Waals surface area contributed by atoms with E-state index in [0.717, 1.165) is 31.7 Å². The third kappa shape index (κ3) is 4.09. The monoisotopic (exact) mass is 292 g/mol. The topological polar surface area (TPSA) is 29.3 Å². The number of hydrogen-bond donors (Lipinski definition) is 1. The summed E-state index contributed by atoms with van der Waals surface area (Å²) in [5, 5.41) is 0.187. The predicted octanol–water partition coefficient (Wildman–Crippen LogP) is 3.07. The van der Waals surface area contributed by atoms with Crippen LogP contribution in [0.15, 0.2) is 18.2 Å². The van der Waals surface area contributed by atoms with Gasteiger partial charge in [0.2, 0.25) is 0 Å². The molecule has 2 nitrogen and oxygen atoms in total. The molecular weight excluding hydrogens is 274 g/mol. The molecule has 1 unspecified atom stereocenters. The van der Waals surface area contributed by atoms with E-state index in [9.17, 15) is 4.39 Å². The Morgan fingerprint density at radius 3 is 2.89 bits per heavy atom. The Morgan fingerprint density at radius 2 is 2.22 bits per heavy atom. The van der Waals surface area contributed by atoms with Crippen molar-refractivity contribution in [1.82, 2.24) is 4.90 Å². The summed E-state index contributed by atoms with van der Waals surface area (Å²) >= 11 is 5.66. The van der Waals surface area contributed by atoms with Gasteiger partial charge in [0, 0.05) is 13.1 Å². The summed E-state index contributed by atoms with van der Waals surface area (Å²) in [6.07, 6.45) is 2.39. The molecule has 1 saturated heterocycles. The SMILES string of the molecule is Cl.NCC1CCCN(Cc2ccc(Cl)c(F)c2)C1. The molecule has 1 aliphatic rings. The predicted molar refractivity (Wildman–Crippen MR) is 75.7 cm³/mol. The molecule has 2 N–H and O–H groups in total. The van der Waals surface area contributed by atoms with Crippen LogP contribution in [-0.4, -0.2) is 24.5 Å². The largest absolute Gasteiger partial charge is 0.330 e. The van der Waals surface area contributed by atoms with Crippen molar-refractivity contribution in [3.8, 4) is 0 Å². The van der Waals surface area contributed by atoms with Gasteiger partial charge in [0.1, 0.15) is 5.82 Å². The third-order valence-corrected chi connectivity index (χ3v) is 3.63. The highest BCUT2D eigenvalue weighted by molar-refractivity contribution is 6.30. The lowest BCUT2D eigenvalue weighted by molar-refractivity contribution is 0.171. The number of likely N-dealkylation sites (tertiary alicyclic amines) is 1. The molecule has 0 amide bonds. The molecule has 0 aliphatic carbocycles. The number of nitrogens with two attached hydrogens (primary N) is 1. The zero-order valence-electron chi connectivity index (χ0n) is 10.2. The van der Waals surface area contributed by atoms with E-state index in [-0.39, 0.29) is 23.2 Å². The average Bonchev–Trinajstić information content (AvgIpc) is 2.34. The molecule has 0 aromatic heterocycles.